The summed E-state index contributed by atoms with van der Waals surface area (Å²) in [6, 6.07) is 4.31. The minimum Gasteiger partial charge on any atom is -0.495 e. The van der Waals surface area contributed by atoms with Crippen LogP contribution in [-0.4, -0.2) is 37.7 Å². The molecule has 0 fully saturated rings. The van der Waals surface area contributed by atoms with Crippen molar-refractivity contribution in [1.29, 1.82) is 0 Å². The van der Waals surface area contributed by atoms with Gasteiger partial charge in [0.2, 0.25) is 0 Å². The molecule has 172 valence electrons. The molecule has 2 nitrogen and oxygen atoms in total. The van der Waals surface area contributed by atoms with E-state index in [2.05, 4.69) is 115 Å². The maximum atomic E-state index is 6.82. The van der Waals surface area contributed by atoms with Crippen LogP contribution in [0.25, 0.3) is 0 Å². The van der Waals surface area contributed by atoms with Crippen molar-refractivity contribution in [2.45, 2.75) is 97.6 Å². The lowest BCUT2D eigenvalue weighted by atomic mass is 9.98. The third kappa shape index (κ3) is 9.41. The fourth-order valence-corrected chi connectivity index (χ4v) is 4.99. The zero-order valence-electron chi connectivity index (χ0n) is 22.3. The molecule has 0 saturated heterocycles. The van der Waals surface area contributed by atoms with Crippen molar-refractivity contribution < 1.29 is 9.16 Å². The van der Waals surface area contributed by atoms with Crippen molar-refractivity contribution in [1.82, 2.24) is 0 Å². The number of benzene rings is 1. The molecule has 5 heteroatoms. The summed E-state index contributed by atoms with van der Waals surface area (Å²) in [5.74, 6) is 7.86. The van der Waals surface area contributed by atoms with Crippen LogP contribution in [0.4, 0.5) is 0 Å². The fourth-order valence-electron chi connectivity index (χ4n) is 2.69. The van der Waals surface area contributed by atoms with Gasteiger partial charge in [0, 0.05) is 6.42 Å². The third-order valence-corrected chi connectivity index (χ3v) is 11.6. The van der Waals surface area contributed by atoms with Gasteiger partial charge < -0.3 is 9.16 Å². The molecule has 0 bridgehead atoms. The molecule has 0 aromatic heterocycles. The van der Waals surface area contributed by atoms with Crippen LogP contribution in [0, 0.1) is 29.9 Å². The SMILES string of the molecule is COc1cc(C)cc(CC(C#C[Si](C)(C)C)O[Si](C)(C)C(C)(C)C)c1C#C[Si](C)(C)C. The molecule has 0 aliphatic heterocycles. The number of methoxy groups -OCH3 is 1. The van der Waals surface area contributed by atoms with Gasteiger partial charge in [0.1, 0.15) is 28.0 Å². The highest BCUT2D eigenvalue weighted by molar-refractivity contribution is 6.84. The molecule has 0 amide bonds. The smallest absolute Gasteiger partial charge is 0.193 e. The molecule has 0 aliphatic rings. The second kappa shape index (κ2) is 10.1. The van der Waals surface area contributed by atoms with Crippen molar-refractivity contribution in [2.75, 3.05) is 7.11 Å². The first-order chi connectivity index (χ1) is 13.8. The van der Waals surface area contributed by atoms with Crippen LogP contribution < -0.4 is 4.74 Å². The molecule has 1 atom stereocenters. The molecule has 0 saturated carbocycles. The minimum atomic E-state index is -1.97. The highest BCUT2D eigenvalue weighted by Gasteiger charge is 2.39. The average molecular weight is 473 g/mol. The van der Waals surface area contributed by atoms with Gasteiger partial charge in [-0.3, -0.25) is 0 Å². The molecule has 0 spiro atoms. The average Bonchev–Trinajstić information content (AvgIpc) is 2.55. The van der Waals surface area contributed by atoms with E-state index in [9.17, 15) is 0 Å². The van der Waals surface area contributed by atoms with Crippen LogP contribution in [0.1, 0.15) is 37.5 Å². The van der Waals surface area contributed by atoms with Gasteiger partial charge in [-0.1, -0.05) is 78.0 Å². The van der Waals surface area contributed by atoms with E-state index in [4.69, 9.17) is 9.16 Å². The van der Waals surface area contributed by atoms with Crippen LogP contribution >= 0.6 is 0 Å². The number of hydrogen-bond acceptors (Lipinski definition) is 2. The van der Waals surface area contributed by atoms with Gasteiger partial charge in [0.15, 0.2) is 8.32 Å². The van der Waals surface area contributed by atoms with Crippen LogP contribution in [0.2, 0.25) is 57.4 Å². The standard InChI is InChI=1S/C26H44O2Si3/c1-21-18-22(24(25(19-21)27-5)15-17-30(9,10)11)20-23(14-16-29(6,7)8)28-31(12,13)26(2,3)4/h18-19,23H,20H2,1-13H3. The summed E-state index contributed by atoms with van der Waals surface area (Å²) in [5.41, 5.74) is 10.4. The summed E-state index contributed by atoms with van der Waals surface area (Å²) in [7, 11) is -3.27. The quantitative estimate of drug-likeness (QED) is 0.338. The lowest BCUT2D eigenvalue weighted by Gasteiger charge is -2.38. The second-order valence-corrected chi connectivity index (χ2v) is 26.3. The Hall–Kier alpha value is -1.25. The molecule has 0 radical (unpaired) electrons. The van der Waals surface area contributed by atoms with Gasteiger partial charge >= 0.3 is 0 Å². The van der Waals surface area contributed by atoms with Crippen molar-refractivity contribution in [3.05, 3.63) is 28.8 Å². The third-order valence-electron chi connectivity index (χ3n) is 5.37. The maximum absolute atomic E-state index is 6.82. The molecule has 31 heavy (non-hydrogen) atoms. The highest BCUT2D eigenvalue weighted by Crippen LogP contribution is 2.38. The lowest BCUT2D eigenvalue weighted by Crippen LogP contribution is -2.44. The highest BCUT2D eigenvalue weighted by atomic mass is 28.4. The molecular formula is C26H44O2Si3. The fraction of sp³-hybridized carbons (Fsp3) is 0.615. The Bertz CT molecular complexity index is 890. The van der Waals surface area contributed by atoms with E-state index in [-0.39, 0.29) is 11.1 Å². The topological polar surface area (TPSA) is 18.5 Å². The normalized spacial score (nSPS) is 13.6. The molecule has 1 unspecified atom stereocenters. The zero-order chi connectivity index (χ0) is 24.3. The van der Waals surface area contributed by atoms with Crippen molar-refractivity contribution in [3.63, 3.8) is 0 Å². The Morgan fingerprint density at radius 1 is 0.903 bits per heavy atom. The Labute approximate surface area is 195 Å². The number of ether oxygens (including phenoxy) is 1. The summed E-state index contributed by atoms with van der Waals surface area (Å²) in [6.45, 7) is 27.2. The van der Waals surface area contributed by atoms with E-state index >= 15 is 0 Å². The summed E-state index contributed by atoms with van der Waals surface area (Å²) in [5, 5.41) is 0.136. The Balaban J connectivity index is 3.55. The number of aryl methyl sites for hydroxylation is 1. The Morgan fingerprint density at radius 2 is 1.45 bits per heavy atom. The molecule has 0 aliphatic carbocycles. The molecule has 0 N–H and O–H groups in total. The molecule has 1 rings (SSSR count). The largest absolute Gasteiger partial charge is 0.495 e. The van der Waals surface area contributed by atoms with Crippen LogP contribution in [-0.2, 0) is 10.8 Å². The monoisotopic (exact) mass is 472 g/mol. The Morgan fingerprint density at radius 3 is 1.90 bits per heavy atom. The van der Waals surface area contributed by atoms with Gasteiger partial charge in [0.25, 0.3) is 0 Å². The minimum absolute atomic E-state index is 0.133. The van der Waals surface area contributed by atoms with E-state index in [1.807, 2.05) is 0 Å². The molecule has 0 heterocycles. The van der Waals surface area contributed by atoms with E-state index in [0.717, 1.165) is 17.7 Å². The number of hydrogen-bond donors (Lipinski definition) is 0. The van der Waals surface area contributed by atoms with Gasteiger partial charge in [0.05, 0.1) is 12.7 Å². The lowest BCUT2D eigenvalue weighted by molar-refractivity contribution is 0.233. The second-order valence-electron chi connectivity index (χ2n) is 12.1. The summed E-state index contributed by atoms with van der Waals surface area (Å²) >= 11 is 0. The molecule has 1 aromatic rings. The van der Waals surface area contributed by atoms with E-state index in [1.54, 1.807) is 7.11 Å². The van der Waals surface area contributed by atoms with Crippen LogP contribution in [0.5, 0.6) is 5.75 Å². The number of rotatable bonds is 5. The first kappa shape index (κ1) is 27.8. The van der Waals surface area contributed by atoms with Gasteiger partial charge in [-0.05, 0) is 42.2 Å². The van der Waals surface area contributed by atoms with E-state index in [0.29, 0.717) is 0 Å². The van der Waals surface area contributed by atoms with Crippen LogP contribution in [0.3, 0.4) is 0 Å². The van der Waals surface area contributed by atoms with Gasteiger partial charge in [-0.25, -0.2) is 0 Å². The summed E-state index contributed by atoms with van der Waals surface area (Å²) in [4.78, 5) is 0. The van der Waals surface area contributed by atoms with E-state index in [1.165, 1.54) is 11.1 Å². The van der Waals surface area contributed by atoms with Crippen molar-refractivity contribution >= 4 is 24.5 Å². The van der Waals surface area contributed by atoms with Crippen molar-refractivity contribution in [3.8, 4) is 28.7 Å². The summed E-state index contributed by atoms with van der Waals surface area (Å²) in [6.07, 6.45) is 0.601. The predicted molar refractivity (Wildman–Crippen MR) is 145 cm³/mol. The predicted octanol–water partition coefficient (Wildman–Crippen LogP) is 7.05. The van der Waals surface area contributed by atoms with Crippen LogP contribution in [0.15, 0.2) is 12.1 Å². The zero-order valence-corrected chi connectivity index (χ0v) is 25.3. The van der Waals surface area contributed by atoms with E-state index < -0.39 is 24.5 Å². The summed E-state index contributed by atoms with van der Waals surface area (Å²) < 4.78 is 12.6. The first-order valence-corrected chi connectivity index (χ1v) is 21.2. The molecular weight excluding hydrogens is 429 g/mol. The maximum Gasteiger partial charge on any atom is 0.193 e. The van der Waals surface area contributed by atoms with Gasteiger partial charge in [-0.15, -0.1) is 11.1 Å². The van der Waals surface area contributed by atoms with Crippen molar-refractivity contribution in [2.24, 2.45) is 0 Å². The Kier molecular flexibility index (Phi) is 9.08. The van der Waals surface area contributed by atoms with Gasteiger partial charge in [-0.2, -0.15) is 0 Å². The first-order valence-electron chi connectivity index (χ1n) is 11.3. The molecule has 1 aromatic carbocycles.